The number of hydrogen-bond acceptors (Lipinski definition) is 2. The molecule has 3 nitrogen and oxygen atoms in total. The molecule has 0 spiro atoms. The zero-order valence-corrected chi connectivity index (χ0v) is 13.6. The first-order chi connectivity index (χ1) is 9.95. The smallest absolute Gasteiger partial charge is 0.258 e. The van der Waals surface area contributed by atoms with Gasteiger partial charge in [-0.1, -0.05) is 32.8 Å². The molecule has 1 aromatic carbocycles. The lowest BCUT2D eigenvalue weighted by Crippen LogP contribution is -2.45. The second-order valence-corrected chi connectivity index (χ2v) is 6.55. The summed E-state index contributed by atoms with van der Waals surface area (Å²) in [5, 5.41) is 3.13. The zero-order chi connectivity index (χ0) is 15.4. The summed E-state index contributed by atoms with van der Waals surface area (Å²) in [4.78, 5) is 12.1. The molecule has 2 rings (SSSR count). The van der Waals surface area contributed by atoms with Crippen molar-refractivity contribution in [2.24, 2.45) is 11.8 Å². The summed E-state index contributed by atoms with van der Waals surface area (Å²) in [5.41, 5.74) is 2.31. The summed E-state index contributed by atoms with van der Waals surface area (Å²) in [6, 6.07) is 6.32. The SMILES string of the molecule is Cc1cc(C)cc(OCC(=O)NC2CCCC(C)C2C)c1. The van der Waals surface area contributed by atoms with Gasteiger partial charge in [0.2, 0.25) is 0 Å². The summed E-state index contributed by atoms with van der Waals surface area (Å²) in [6.07, 6.45) is 3.56. The van der Waals surface area contributed by atoms with Crippen LogP contribution in [-0.4, -0.2) is 18.6 Å². The minimum Gasteiger partial charge on any atom is -0.484 e. The molecule has 0 radical (unpaired) electrons. The third kappa shape index (κ3) is 4.48. The van der Waals surface area contributed by atoms with E-state index in [4.69, 9.17) is 4.74 Å². The van der Waals surface area contributed by atoms with Gasteiger partial charge in [0, 0.05) is 6.04 Å². The molecule has 1 N–H and O–H groups in total. The average molecular weight is 289 g/mol. The number of nitrogens with one attached hydrogen (secondary N) is 1. The van der Waals surface area contributed by atoms with Crippen molar-refractivity contribution in [3.63, 3.8) is 0 Å². The molecule has 0 aliphatic heterocycles. The van der Waals surface area contributed by atoms with E-state index in [9.17, 15) is 4.79 Å². The monoisotopic (exact) mass is 289 g/mol. The molecule has 0 heterocycles. The molecule has 0 bridgehead atoms. The van der Waals surface area contributed by atoms with E-state index in [-0.39, 0.29) is 12.5 Å². The van der Waals surface area contributed by atoms with Crippen molar-refractivity contribution in [3.8, 4) is 5.75 Å². The lowest BCUT2D eigenvalue weighted by atomic mass is 9.78. The highest BCUT2D eigenvalue weighted by Crippen LogP contribution is 2.29. The van der Waals surface area contributed by atoms with Crippen LogP contribution in [0.15, 0.2) is 18.2 Å². The van der Waals surface area contributed by atoms with E-state index >= 15 is 0 Å². The second kappa shape index (κ2) is 6.97. The van der Waals surface area contributed by atoms with E-state index in [2.05, 4.69) is 25.2 Å². The Labute approximate surface area is 128 Å². The van der Waals surface area contributed by atoms with Gasteiger partial charge in [-0.25, -0.2) is 0 Å². The van der Waals surface area contributed by atoms with Crippen molar-refractivity contribution in [2.75, 3.05) is 6.61 Å². The van der Waals surface area contributed by atoms with Gasteiger partial charge in [0.1, 0.15) is 5.75 Å². The van der Waals surface area contributed by atoms with Crippen LogP contribution in [0, 0.1) is 25.7 Å². The maximum Gasteiger partial charge on any atom is 0.258 e. The van der Waals surface area contributed by atoms with Gasteiger partial charge in [-0.3, -0.25) is 4.79 Å². The molecule has 3 unspecified atom stereocenters. The minimum absolute atomic E-state index is 0.0138. The van der Waals surface area contributed by atoms with Gasteiger partial charge in [-0.2, -0.15) is 0 Å². The van der Waals surface area contributed by atoms with Crippen molar-refractivity contribution < 1.29 is 9.53 Å². The molecular formula is C18H27NO2. The highest BCUT2D eigenvalue weighted by atomic mass is 16.5. The third-order valence-corrected chi connectivity index (χ3v) is 4.62. The van der Waals surface area contributed by atoms with Gasteiger partial charge < -0.3 is 10.1 Å². The molecular weight excluding hydrogens is 262 g/mol. The van der Waals surface area contributed by atoms with Gasteiger partial charge in [-0.15, -0.1) is 0 Å². The van der Waals surface area contributed by atoms with Crippen LogP contribution in [0.4, 0.5) is 0 Å². The largest absolute Gasteiger partial charge is 0.484 e. The van der Waals surface area contributed by atoms with Crippen molar-refractivity contribution >= 4 is 5.91 Å². The molecule has 1 fully saturated rings. The number of amides is 1. The quantitative estimate of drug-likeness (QED) is 0.919. The first-order valence-corrected chi connectivity index (χ1v) is 7.96. The number of hydrogen-bond donors (Lipinski definition) is 1. The molecule has 1 aliphatic carbocycles. The highest BCUT2D eigenvalue weighted by Gasteiger charge is 2.28. The summed E-state index contributed by atoms with van der Waals surface area (Å²) < 4.78 is 5.62. The molecule has 0 aromatic heterocycles. The van der Waals surface area contributed by atoms with Crippen LogP contribution in [0.2, 0.25) is 0 Å². The van der Waals surface area contributed by atoms with E-state index in [1.54, 1.807) is 0 Å². The molecule has 3 atom stereocenters. The summed E-state index contributed by atoms with van der Waals surface area (Å²) in [5.74, 6) is 1.99. The second-order valence-electron chi connectivity index (χ2n) is 6.55. The molecule has 1 aromatic rings. The normalized spacial score (nSPS) is 25.4. The third-order valence-electron chi connectivity index (χ3n) is 4.62. The fraction of sp³-hybridized carbons (Fsp3) is 0.611. The Kier molecular flexibility index (Phi) is 5.27. The lowest BCUT2D eigenvalue weighted by molar-refractivity contribution is -0.124. The Balaban J connectivity index is 1.84. The van der Waals surface area contributed by atoms with Crippen LogP contribution in [0.1, 0.15) is 44.2 Å². The maximum absolute atomic E-state index is 12.1. The van der Waals surface area contributed by atoms with Gasteiger partial charge in [0.15, 0.2) is 6.61 Å². The predicted octanol–water partition coefficient (Wildman–Crippen LogP) is 3.62. The molecule has 0 saturated heterocycles. The predicted molar refractivity (Wildman–Crippen MR) is 85.5 cm³/mol. The number of benzene rings is 1. The zero-order valence-electron chi connectivity index (χ0n) is 13.6. The van der Waals surface area contributed by atoms with E-state index in [1.807, 2.05) is 26.0 Å². The fourth-order valence-corrected chi connectivity index (χ4v) is 3.20. The Morgan fingerprint density at radius 1 is 1.19 bits per heavy atom. The van der Waals surface area contributed by atoms with E-state index in [0.29, 0.717) is 17.9 Å². The number of carbonyl (C=O) groups excluding carboxylic acids is 1. The summed E-state index contributed by atoms with van der Waals surface area (Å²) >= 11 is 0. The van der Waals surface area contributed by atoms with Gasteiger partial charge >= 0.3 is 0 Å². The topological polar surface area (TPSA) is 38.3 Å². The molecule has 116 valence electrons. The van der Waals surface area contributed by atoms with Crippen LogP contribution in [0.5, 0.6) is 5.75 Å². The van der Waals surface area contributed by atoms with Gasteiger partial charge in [0.05, 0.1) is 0 Å². The van der Waals surface area contributed by atoms with Crippen LogP contribution < -0.4 is 10.1 Å². The number of carbonyl (C=O) groups is 1. The number of aryl methyl sites for hydroxylation is 2. The Bertz CT molecular complexity index is 478. The fourth-order valence-electron chi connectivity index (χ4n) is 3.20. The van der Waals surface area contributed by atoms with Crippen LogP contribution in [0.25, 0.3) is 0 Å². The van der Waals surface area contributed by atoms with Crippen molar-refractivity contribution in [1.82, 2.24) is 5.32 Å². The first-order valence-electron chi connectivity index (χ1n) is 7.96. The average Bonchev–Trinajstić information content (AvgIpc) is 2.41. The Hall–Kier alpha value is -1.51. The summed E-state index contributed by atoms with van der Waals surface area (Å²) in [7, 11) is 0. The molecule has 1 amide bonds. The van der Waals surface area contributed by atoms with E-state index in [0.717, 1.165) is 23.3 Å². The van der Waals surface area contributed by atoms with Crippen molar-refractivity contribution in [2.45, 2.75) is 53.0 Å². The number of rotatable bonds is 4. The Morgan fingerprint density at radius 2 is 1.86 bits per heavy atom. The van der Waals surface area contributed by atoms with Crippen LogP contribution in [0.3, 0.4) is 0 Å². The standard InChI is InChI=1S/C18H27NO2/c1-12-8-13(2)10-16(9-12)21-11-18(20)19-17-7-5-6-14(3)15(17)4/h8-10,14-15,17H,5-7,11H2,1-4H3,(H,19,20). The van der Waals surface area contributed by atoms with Gasteiger partial charge in [-0.05, 0) is 55.4 Å². The molecule has 21 heavy (non-hydrogen) atoms. The first kappa shape index (κ1) is 15.9. The Morgan fingerprint density at radius 3 is 2.52 bits per heavy atom. The minimum atomic E-state index is -0.0138. The van der Waals surface area contributed by atoms with E-state index < -0.39 is 0 Å². The molecule has 1 aliphatic rings. The van der Waals surface area contributed by atoms with Crippen LogP contribution in [-0.2, 0) is 4.79 Å². The summed E-state index contributed by atoms with van der Waals surface area (Å²) in [6.45, 7) is 8.67. The molecule has 3 heteroatoms. The van der Waals surface area contributed by atoms with Crippen molar-refractivity contribution in [3.05, 3.63) is 29.3 Å². The van der Waals surface area contributed by atoms with Crippen molar-refractivity contribution in [1.29, 1.82) is 0 Å². The highest BCUT2D eigenvalue weighted by molar-refractivity contribution is 5.77. The van der Waals surface area contributed by atoms with Gasteiger partial charge in [0.25, 0.3) is 5.91 Å². The van der Waals surface area contributed by atoms with Crippen LogP contribution >= 0.6 is 0 Å². The maximum atomic E-state index is 12.1. The molecule has 1 saturated carbocycles. The number of ether oxygens (including phenoxy) is 1. The van der Waals surface area contributed by atoms with E-state index in [1.165, 1.54) is 12.8 Å². The lowest BCUT2D eigenvalue weighted by Gasteiger charge is -2.34.